The smallest absolute Gasteiger partial charge is 0.253 e. The van der Waals surface area contributed by atoms with Crippen LogP contribution in [-0.2, 0) is 6.54 Å². The van der Waals surface area contributed by atoms with Gasteiger partial charge in [0.25, 0.3) is 5.91 Å². The molecular weight excluding hydrogens is 495 g/mol. The van der Waals surface area contributed by atoms with E-state index in [0.29, 0.717) is 25.2 Å². The maximum Gasteiger partial charge on any atom is 0.253 e. The fourth-order valence-electron chi connectivity index (χ4n) is 4.36. The van der Waals surface area contributed by atoms with Gasteiger partial charge in [0.05, 0.1) is 15.4 Å². The third-order valence-electron chi connectivity index (χ3n) is 6.27. The number of halogens is 2. The number of carbonyl (C=O) groups is 1. The fourth-order valence-corrected chi connectivity index (χ4v) is 5.35. The minimum absolute atomic E-state index is 0.0409. The van der Waals surface area contributed by atoms with Crippen molar-refractivity contribution in [3.05, 3.63) is 101 Å². The van der Waals surface area contributed by atoms with Gasteiger partial charge in [-0.2, -0.15) is 0 Å². The monoisotopic (exact) mass is 520 g/mol. The first-order valence-corrected chi connectivity index (χ1v) is 13.1. The molecule has 0 aliphatic carbocycles. The predicted octanol–water partition coefficient (Wildman–Crippen LogP) is 6.49. The Bertz CT molecular complexity index is 1360. The van der Waals surface area contributed by atoms with Gasteiger partial charge in [0.2, 0.25) is 0 Å². The molecule has 1 aliphatic heterocycles. The number of amides is 1. The number of rotatable bonds is 6. The number of aromatic nitrogens is 1. The van der Waals surface area contributed by atoms with E-state index in [1.54, 1.807) is 18.3 Å². The zero-order valence-corrected chi connectivity index (χ0v) is 21.2. The Labute approximate surface area is 219 Å². The molecule has 0 saturated carbocycles. The minimum atomic E-state index is -0.404. The van der Waals surface area contributed by atoms with Crippen molar-refractivity contribution >= 4 is 46.0 Å². The Morgan fingerprint density at radius 2 is 1.83 bits per heavy atom. The molecule has 5 nitrogen and oxygen atoms in total. The van der Waals surface area contributed by atoms with Crippen molar-refractivity contribution in [2.75, 3.05) is 30.9 Å². The summed E-state index contributed by atoms with van der Waals surface area (Å²) in [5.74, 6) is -0.363. The van der Waals surface area contributed by atoms with Crippen molar-refractivity contribution in [1.29, 1.82) is 0 Å². The fraction of sp³-hybridized carbons (Fsp3) is 0.214. The highest BCUT2D eigenvalue weighted by Gasteiger charge is 2.20. The average molecular weight is 521 g/mol. The third kappa shape index (κ3) is 5.81. The molecule has 1 aromatic heterocycles. The van der Waals surface area contributed by atoms with Crippen LogP contribution in [0.15, 0.2) is 83.9 Å². The Balaban J connectivity index is 1.17. The number of anilines is 1. The second-order valence-corrected chi connectivity index (χ2v) is 10.0. The van der Waals surface area contributed by atoms with Gasteiger partial charge in [-0.15, -0.1) is 0 Å². The third-order valence-corrected chi connectivity index (χ3v) is 7.45. The van der Waals surface area contributed by atoms with Crippen molar-refractivity contribution in [3.8, 4) is 0 Å². The van der Waals surface area contributed by atoms with Gasteiger partial charge in [-0.1, -0.05) is 35.9 Å². The van der Waals surface area contributed by atoms with E-state index in [4.69, 9.17) is 11.6 Å². The molecule has 36 heavy (non-hydrogen) atoms. The molecule has 0 radical (unpaired) electrons. The molecule has 1 N–H and O–H groups in total. The molecule has 184 valence electrons. The van der Waals surface area contributed by atoms with Crippen LogP contribution in [0.1, 0.15) is 22.3 Å². The molecule has 0 unspecified atom stereocenters. The summed E-state index contributed by atoms with van der Waals surface area (Å²) in [5.41, 5.74) is 3.53. The zero-order chi connectivity index (χ0) is 24.9. The lowest BCUT2D eigenvalue weighted by Crippen LogP contribution is -2.35. The highest BCUT2D eigenvalue weighted by molar-refractivity contribution is 8.00. The van der Waals surface area contributed by atoms with E-state index in [2.05, 4.69) is 14.6 Å². The summed E-state index contributed by atoms with van der Waals surface area (Å²) in [5, 5.41) is 1.24. The molecule has 2 heterocycles. The van der Waals surface area contributed by atoms with Gasteiger partial charge in [-0.25, -0.2) is 4.39 Å². The van der Waals surface area contributed by atoms with E-state index in [-0.39, 0.29) is 10.9 Å². The summed E-state index contributed by atoms with van der Waals surface area (Å²) in [7, 11) is 0. The average Bonchev–Trinajstić information content (AvgIpc) is 3.15. The topological polar surface area (TPSA) is 48.5 Å². The number of nitrogens with one attached hydrogen (secondary N) is 1. The van der Waals surface area contributed by atoms with E-state index < -0.39 is 5.82 Å². The molecule has 0 spiro atoms. The first kappa shape index (κ1) is 24.6. The molecule has 8 heteroatoms. The Morgan fingerprint density at radius 1 is 1.00 bits per heavy atom. The van der Waals surface area contributed by atoms with Crippen LogP contribution in [0, 0.1) is 5.82 Å². The number of para-hydroxylation sites is 1. The van der Waals surface area contributed by atoms with E-state index in [9.17, 15) is 9.18 Å². The maximum absolute atomic E-state index is 13.4. The van der Waals surface area contributed by atoms with Gasteiger partial charge in [0.1, 0.15) is 5.82 Å². The highest BCUT2D eigenvalue weighted by Crippen LogP contribution is 2.27. The van der Waals surface area contributed by atoms with Gasteiger partial charge in [0.15, 0.2) is 0 Å². The summed E-state index contributed by atoms with van der Waals surface area (Å²) in [6.45, 7) is 3.69. The number of benzene rings is 3. The van der Waals surface area contributed by atoms with Gasteiger partial charge < -0.3 is 9.62 Å². The first-order chi connectivity index (χ1) is 17.6. The van der Waals surface area contributed by atoms with Crippen LogP contribution in [0.3, 0.4) is 0 Å². The van der Waals surface area contributed by atoms with Crippen molar-refractivity contribution < 1.29 is 9.18 Å². The molecule has 5 rings (SSSR count). The quantitative estimate of drug-likeness (QED) is 0.294. The number of carbonyl (C=O) groups excluding carboxylic acids is 1. The summed E-state index contributed by atoms with van der Waals surface area (Å²) in [6, 6.07) is 22.5. The highest BCUT2D eigenvalue weighted by atomic mass is 35.5. The molecular formula is C28H26ClFN4OS. The van der Waals surface area contributed by atoms with E-state index in [1.165, 1.54) is 18.0 Å². The number of nitrogens with zero attached hydrogens (tertiary/aromatic N) is 3. The normalized spacial score (nSPS) is 14.6. The van der Waals surface area contributed by atoms with Crippen molar-refractivity contribution in [1.82, 2.24) is 14.8 Å². The molecule has 1 fully saturated rings. The van der Waals surface area contributed by atoms with Crippen LogP contribution in [0.4, 0.5) is 10.1 Å². The Hall–Kier alpha value is -3.13. The van der Waals surface area contributed by atoms with Crippen LogP contribution < -0.4 is 4.72 Å². The summed E-state index contributed by atoms with van der Waals surface area (Å²) in [4.78, 5) is 22.9. The first-order valence-electron chi connectivity index (χ1n) is 11.9. The van der Waals surface area contributed by atoms with E-state index in [0.717, 1.165) is 46.6 Å². The van der Waals surface area contributed by atoms with Crippen molar-refractivity contribution in [2.24, 2.45) is 0 Å². The molecule has 0 atom stereocenters. The zero-order valence-electron chi connectivity index (χ0n) is 19.7. The molecule has 1 amide bonds. The molecule has 0 bridgehead atoms. The number of fused-ring (bicyclic) bond motifs is 1. The van der Waals surface area contributed by atoms with Crippen LogP contribution in [0.25, 0.3) is 10.9 Å². The maximum atomic E-state index is 13.4. The molecule has 1 saturated heterocycles. The van der Waals surface area contributed by atoms with Crippen LogP contribution in [-0.4, -0.2) is 46.9 Å². The predicted molar refractivity (Wildman–Crippen MR) is 145 cm³/mol. The summed E-state index contributed by atoms with van der Waals surface area (Å²) >= 11 is 7.43. The lowest BCUT2D eigenvalue weighted by atomic mass is 10.2. The van der Waals surface area contributed by atoms with Crippen molar-refractivity contribution in [3.63, 3.8) is 0 Å². The molecule has 3 aromatic carbocycles. The van der Waals surface area contributed by atoms with Crippen LogP contribution in [0.5, 0.6) is 0 Å². The number of pyridine rings is 1. The number of hydrogen-bond acceptors (Lipinski definition) is 5. The summed E-state index contributed by atoms with van der Waals surface area (Å²) < 4.78 is 16.8. The van der Waals surface area contributed by atoms with E-state index in [1.807, 2.05) is 59.5 Å². The van der Waals surface area contributed by atoms with Gasteiger partial charge in [-0.05, 0) is 72.5 Å². The Kier molecular flexibility index (Phi) is 7.70. The van der Waals surface area contributed by atoms with Gasteiger partial charge in [0, 0.05) is 55.6 Å². The van der Waals surface area contributed by atoms with Crippen molar-refractivity contribution in [2.45, 2.75) is 17.9 Å². The number of hydrogen-bond donors (Lipinski definition) is 1. The standard InChI is InChI=1S/C28H26ClFN4OS/c29-24-18-20(7-12-25(24)30)19-33-14-3-15-34(17-16-33)28(35)22-8-10-23(11-9-22)32-36-26-6-1-4-21-5-2-13-31-27(21)26/h1-2,4-13,18,32H,3,14-17,19H2. The van der Waals surface area contributed by atoms with Crippen LogP contribution in [0.2, 0.25) is 5.02 Å². The minimum Gasteiger partial charge on any atom is -0.337 e. The van der Waals surface area contributed by atoms with Gasteiger partial charge >= 0.3 is 0 Å². The van der Waals surface area contributed by atoms with Crippen LogP contribution >= 0.6 is 23.5 Å². The largest absolute Gasteiger partial charge is 0.337 e. The lowest BCUT2D eigenvalue weighted by Gasteiger charge is -2.22. The molecule has 1 aliphatic rings. The SMILES string of the molecule is O=C(c1ccc(NSc2cccc3cccnc23)cc1)N1CCCN(Cc2ccc(F)c(Cl)c2)CC1. The lowest BCUT2D eigenvalue weighted by molar-refractivity contribution is 0.0761. The Morgan fingerprint density at radius 3 is 2.67 bits per heavy atom. The second kappa shape index (κ2) is 11.3. The summed E-state index contributed by atoms with van der Waals surface area (Å²) in [6.07, 6.45) is 2.68. The molecule has 4 aromatic rings. The van der Waals surface area contributed by atoms with E-state index >= 15 is 0 Å². The van der Waals surface area contributed by atoms with Gasteiger partial charge in [-0.3, -0.25) is 14.7 Å². The second-order valence-electron chi connectivity index (χ2n) is 8.78.